The molecule has 4 heterocycles. The summed E-state index contributed by atoms with van der Waals surface area (Å²) in [6.45, 7) is 7.07. The number of carbonyl (C=O) groups is 2. The first-order valence-corrected chi connectivity index (χ1v) is 9.84. The lowest BCUT2D eigenvalue weighted by molar-refractivity contribution is -0.126. The molecule has 2 aromatic rings. The molecule has 2 fully saturated rings. The van der Waals surface area contributed by atoms with E-state index in [1.807, 2.05) is 36.9 Å². The number of rotatable bonds is 3. The Morgan fingerprint density at radius 3 is 2.54 bits per heavy atom. The van der Waals surface area contributed by atoms with Crippen LogP contribution in [0.15, 0.2) is 22.9 Å². The largest absolute Gasteiger partial charge is 0.466 e. The fourth-order valence-electron chi connectivity index (χ4n) is 4.25. The molecule has 2 amide bonds. The summed E-state index contributed by atoms with van der Waals surface area (Å²) in [5.41, 5.74) is 1.50. The Bertz CT molecular complexity index is 878. The third-order valence-corrected chi connectivity index (χ3v) is 5.73. The lowest BCUT2D eigenvalue weighted by Crippen LogP contribution is -2.58. The summed E-state index contributed by atoms with van der Waals surface area (Å²) >= 11 is 0. The van der Waals surface area contributed by atoms with E-state index >= 15 is 0 Å². The molecule has 28 heavy (non-hydrogen) atoms. The average Bonchev–Trinajstić information content (AvgIpc) is 3.26. The van der Waals surface area contributed by atoms with Crippen LogP contribution >= 0.6 is 0 Å². The molecule has 0 bridgehead atoms. The minimum Gasteiger partial charge on any atom is -0.466 e. The first-order chi connectivity index (χ1) is 13.4. The molecule has 0 radical (unpaired) electrons. The molecule has 0 spiro atoms. The fraction of sp³-hybridized carbons (Fsp3) is 0.550. The summed E-state index contributed by atoms with van der Waals surface area (Å²) in [6.07, 6.45) is 5.46. The maximum atomic E-state index is 13.1. The number of hydrogen-bond donors (Lipinski definition) is 0. The Labute approximate surface area is 164 Å². The fourth-order valence-corrected chi connectivity index (χ4v) is 4.25. The minimum absolute atomic E-state index is 0.0148. The van der Waals surface area contributed by atoms with E-state index in [-0.39, 0.29) is 17.9 Å². The van der Waals surface area contributed by atoms with E-state index in [0.29, 0.717) is 37.5 Å². The standard InChI is InChI=1S/C20H27N5O3/c1-14-11-17(15(2)28-14)19(26)24-9-7-23(8-10-24)18-5-4-6-25(20(18)27)16-12-21-22(3)13-16/h11-13,18H,4-10H2,1-3H3/t18-/m0/s1. The zero-order chi connectivity index (χ0) is 19.8. The van der Waals surface area contributed by atoms with Gasteiger partial charge in [-0.25, -0.2) is 0 Å². The number of amides is 2. The van der Waals surface area contributed by atoms with E-state index in [1.165, 1.54) is 0 Å². The summed E-state index contributed by atoms with van der Waals surface area (Å²) in [7, 11) is 1.86. The summed E-state index contributed by atoms with van der Waals surface area (Å²) in [4.78, 5) is 31.8. The van der Waals surface area contributed by atoms with E-state index in [0.717, 1.165) is 30.8 Å². The van der Waals surface area contributed by atoms with Crippen LogP contribution < -0.4 is 4.90 Å². The van der Waals surface area contributed by atoms with E-state index in [4.69, 9.17) is 4.42 Å². The minimum atomic E-state index is -0.121. The van der Waals surface area contributed by atoms with Gasteiger partial charge in [0.15, 0.2) is 0 Å². The molecule has 4 rings (SSSR count). The highest BCUT2D eigenvalue weighted by Gasteiger charge is 2.36. The molecule has 1 atom stereocenters. The van der Waals surface area contributed by atoms with Crippen molar-refractivity contribution >= 4 is 17.5 Å². The lowest BCUT2D eigenvalue weighted by Gasteiger charge is -2.42. The quantitative estimate of drug-likeness (QED) is 0.802. The third kappa shape index (κ3) is 3.44. The van der Waals surface area contributed by atoms with Crippen LogP contribution in [0.2, 0.25) is 0 Å². The molecular formula is C20H27N5O3. The van der Waals surface area contributed by atoms with Crippen LogP contribution in [0.25, 0.3) is 0 Å². The predicted octanol–water partition coefficient (Wildman–Crippen LogP) is 1.58. The Kier molecular flexibility index (Phi) is 4.97. The highest BCUT2D eigenvalue weighted by atomic mass is 16.3. The summed E-state index contributed by atoms with van der Waals surface area (Å²) in [5.74, 6) is 1.57. The molecule has 8 heteroatoms. The van der Waals surface area contributed by atoms with Gasteiger partial charge < -0.3 is 14.2 Å². The van der Waals surface area contributed by atoms with Gasteiger partial charge in [0.2, 0.25) is 5.91 Å². The Morgan fingerprint density at radius 1 is 1.18 bits per heavy atom. The van der Waals surface area contributed by atoms with Crippen molar-refractivity contribution in [2.24, 2.45) is 7.05 Å². The van der Waals surface area contributed by atoms with Gasteiger partial charge in [-0.1, -0.05) is 0 Å². The smallest absolute Gasteiger partial charge is 0.257 e. The topological polar surface area (TPSA) is 74.8 Å². The van der Waals surface area contributed by atoms with Crippen molar-refractivity contribution in [1.82, 2.24) is 19.6 Å². The summed E-state index contributed by atoms with van der Waals surface area (Å²) in [6, 6.07) is 1.68. The van der Waals surface area contributed by atoms with E-state index < -0.39 is 0 Å². The van der Waals surface area contributed by atoms with Gasteiger partial charge in [0, 0.05) is 46.0 Å². The third-order valence-electron chi connectivity index (χ3n) is 5.73. The number of carbonyl (C=O) groups excluding carboxylic acids is 2. The Hall–Kier alpha value is -2.61. The van der Waals surface area contributed by atoms with Crippen molar-refractivity contribution < 1.29 is 14.0 Å². The maximum absolute atomic E-state index is 13.1. The number of furan rings is 1. The van der Waals surface area contributed by atoms with Crippen molar-refractivity contribution in [3.05, 3.63) is 35.5 Å². The van der Waals surface area contributed by atoms with Gasteiger partial charge in [0.05, 0.1) is 23.5 Å². The second kappa shape index (κ2) is 7.43. The number of piperazine rings is 1. The maximum Gasteiger partial charge on any atom is 0.257 e. The molecule has 0 N–H and O–H groups in total. The van der Waals surface area contributed by atoms with Crippen molar-refractivity contribution in [1.29, 1.82) is 0 Å². The first-order valence-electron chi connectivity index (χ1n) is 9.84. The van der Waals surface area contributed by atoms with Crippen LogP contribution in [0.3, 0.4) is 0 Å². The Morgan fingerprint density at radius 2 is 1.93 bits per heavy atom. The average molecular weight is 385 g/mol. The number of nitrogens with zero attached hydrogens (tertiary/aromatic N) is 5. The summed E-state index contributed by atoms with van der Waals surface area (Å²) < 4.78 is 7.22. The Balaban J connectivity index is 1.40. The molecule has 2 saturated heterocycles. The van der Waals surface area contributed by atoms with Gasteiger partial charge in [-0.05, 0) is 32.8 Å². The second-order valence-electron chi connectivity index (χ2n) is 7.68. The molecule has 0 aliphatic carbocycles. The monoisotopic (exact) mass is 385 g/mol. The van der Waals surface area contributed by atoms with Crippen molar-refractivity contribution in [3.63, 3.8) is 0 Å². The number of anilines is 1. The normalized spacial score (nSPS) is 21.4. The molecule has 0 unspecified atom stereocenters. The van der Waals surface area contributed by atoms with Crippen LogP contribution in [0, 0.1) is 13.8 Å². The molecule has 150 valence electrons. The highest BCUT2D eigenvalue weighted by Crippen LogP contribution is 2.25. The van der Waals surface area contributed by atoms with Gasteiger partial charge in [0.25, 0.3) is 5.91 Å². The van der Waals surface area contributed by atoms with Crippen molar-refractivity contribution in [3.8, 4) is 0 Å². The van der Waals surface area contributed by atoms with Crippen LogP contribution in [0.5, 0.6) is 0 Å². The van der Waals surface area contributed by atoms with Crippen molar-refractivity contribution in [2.75, 3.05) is 37.6 Å². The highest BCUT2D eigenvalue weighted by molar-refractivity contribution is 5.98. The van der Waals surface area contributed by atoms with E-state index in [9.17, 15) is 9.59 Å². The van der Waals surface area contributed by atoms with Crippen LogP contribution in [0.1, 0.15) is 34.7 Å². The molecule has 0 saturated carbocycles. The van der Waals surface area contributed by atoms with E-state index in [1.54, 1.807) is 16.9 Å². The van der Waals surface area contributed by atoms with Crippen LogP contribution in [0.4, 0.5) is 5.69 Å². The predicted molar refractivity (Wildman–Crippen MR) is 104 cm³/mol. The SMILES string of the molecule is Cc1cc(C(=O)N2CCN([C@H]3CCCN(c4cnn(C)c4)C3=O)CC2)c(C)o1. The number of aromatic nitrogens is 2. The number of aryl methyl sites for hydroxylation is 3. The zero-order valence-corrected chi connectivity index (χ0v) is 16.7. The molecule has 0 aromatic carbocycles. The van der Waals surface area contributed by atoms with Crippen LogP contribution in [-0.4, -0.2) is 70.2 Å². The second-order valence-corrected chi connectivity index (χ2v) is 7.68. The molecule has 2 aliphatic rings. The molecule has 8 nitrogen and oxygen atoms in total. The van der Waals surface area contributed by atoms with Gasteiger partial charge in [-0.2, -0.15) is 5.10 Å². The van der Waals surface area contributed by atoms with Crippen LogP contribution in [-0.2, 0) is 11.8 Å². The number of hydrogen-bond acceptors (Lipinski definition) is 5. The summed E-state index contributed by atoms with van der Waals surface area (Å²) in [5, 5.41) is 4.19. The van der Waals surface area contributed by atoms with Gasteiger partial charge in [0.1, 0.15) is 11.5 Å². The molecule has 2 aliphatic heterocycles. The van der Waals surface area contributed by atoms with E-state index in [2.05, 4.69) is 10.00 Å². The van der Waals surface area contributed by atoms with Gasteiger partial charge in [-0.3, -0.25) is 19.2 Å². The van der Waals surface area contributed by atoms with Gasteiger partial charge in [-0.15, -0.1) is 0 Å². The van der Waals surface area contributed by atoms with Crippen molar-refractivity contribution in [2.45, 2.75) is 32.7 Å². The lowest BCUT2D eigenvalue weighted by atomic mass is 10.0. The zero-order valence-electron chi connectivity index (χ0n) is 16.7. The first kappa shape index (κ1) is 18.7. The molecular weight excluding hydrogens is 358 g/mol. The number of piperidine rings is 1. The van der Waals surface area contributed by atoms with Gasteiger partial charge >= 0.3 is 0 Å². The molecule has 2 aromatic heterocycles.